The molecule has 0 unspecified atom stereocenters. The highest BCUT2D eigenvalue weighted by atomic mass is 32.2. The van der Waals surface area contributed by atoms with Crippen LogP contribution in [0.2, 0.25) is 0 Å². The highest BCUT2D eigenvalue weighted by Gasteiger charge is 2.11. The van der Waals surface area contributed by atoms with E-state index in [0.717, 1.165) is 0 Å². The summed E-state index contributed by atoms with van der Waals surface area (Å²) >= 11 is 0. The molecule has 0 spiro atoms. The second kappa shape index (κ2) is 3.97. The van der Waals surface area contributed by atoms with Gasteiger partial charge in [-0.05, 0) is 16.7 Å². The fourth-order valence-electron chi connectivity index (χ4n) is 0.734. The number of hydrogen-bond donors (Lipinski definition) is 1. The van der Waals surface area contributed by atoms with Crippen molar-refractivity contribution >= 4 is 16.1 Å². The summed E-state index contributed by atoms with van der Waals surface area (Å²) in [7, 11) is -3.90. The predicted molar refractivity (Wildman–Crippen MR) is 48.1 cm³/mol. The summed E-state index contributed by atoms with van der Waals surface area (Å²) in [6.07, 6.45) is 0. The molecule has 0 aromatic heterocycles. The lowest BCUT2D eigenvalue weighted by atomic mass is 10.4. The Bertz CT molecular complexity index is 452. The Hall–Kier alpha value is -1.76. The molecule has 1 aromatic rings. The van der Waals surface area contributed by atoms with Gasteiger partial charge in [0.25, 0.3) is 10.0 Å². The van der Waals surface area contributed by atoms with Gasteiger partial charge in [-0.1, -0.05) is 23.3 Å². The number of amides is 2. The molecule has 1 aromatic carbocycles. The lowest BCUT2D eigenvalue weighted by molar-refractivity contribution is 0.255. The molecule has 2 amide bonds. The summed E-state index contributed by atoms with van der Waals surface area (Å²) in [5.41, 5.74) is 4.61. The van der Waals surface area contributed by atoms with E-state index in [1.807, 2.05) is 0 Å². The number of sulfonamides is 1. The average Bonchev–Trinajstić information content (AvgIpc) is 2.16. The van der Waals surface area contributed by atoms with E-state index < -0.39 is 16.1 Å². The minimum Gasteiger partial charge on any atom is -0.348 e. The van der Waals surface area contributed by atoms with Gasteiger partial charge < -0.3 is 5.73 Å². The fourth-order valence-corrected chi connectivity index (χ4v) is 1.52. The zero-order valence-electron chi connectivity index (χ0n) is 6.99. The largest absolute Gasteiger partial charge is 0.357 e. The lowest BCUT2D eigenvalue weighted by Gasteiger charge is -1.94. The van der Waals surface area contributed by atoms with Crippen molar-refractivity contribution in [1.82, 2.24) is 0 Å². The molecule has 0 fully saturated rings. The first-order chi connectivity index (χ1) is 6.52. The molecule has 0 aliphatic heterocycles. The Labute approximate surface area is 80.5 Å². The van der Waals surface area contributed by atoms with E-state index in [4.69, 9.17) is 0 Å². The Morgan fingerprint density at radius 1 is 1.21 bits per heavy atom. The van der Waals surface area contributed by atoms with Gasteiger partial charge in [0.05, 0.1) is 4.90 Å². The molecule has 74 valence electrons. The number of nitrogens with zero attached hydrogens (tertiary/aromatic N) is 2. The van der Waals surface area contributed by atoms with Crippen LogP contribution in [0, 0.1) is 0 Å². The molecule has 0 bridgehead atoms. The van der Waals surface area contributed by atoms with Gasteiger partial charge in [0, 0.05) is 0 Å². The van der Waals surface area contributed by atoms with Crippen molar-refractivity contribution in [3.63, 3.8) is 0 Å². The Morgan fingerprint density at radius 2 is 1.79 bits per heavy atom. The first kappa shape index (κ1) is 10.3. The number of rotatable bonds is 2. The van der Waals surface area contributed by atoms with Crippen molar-refractivity contribution < 1.29 is 13.2 Å². The van der Waals surface area contributed by atoms with Crippen LogP contribution in [-0.4, -0.2) is 14.4 Å². The van der Waals surface area contributed by atoms with Gasteiger partial charge in [0.1, 0.15) is 0 Å². The molecule has 0 radical (unpaired) electrons. The summed E-state index contributed by atoms with van der Waals surface area (Å²) in [6.45, 7) is 0. The van der Waals surface area contributed by atoms with Crippen LogP contribution in [-0.2, 0) is 10.0 Å². The minimum atomic E-state index is -3.90. The van der Waals surface area contributed by atoms with E-state index in [2.05, 4.69) is 15.4 Å². The number of benzene rings is 1. The first-order valence-corrected chi connectivity index (χ1v) is 4.99. The smallest absolute Gasteiger partial charge is 0.348 e. The monoisotopic (exact) mass is 213 g/mol. The van der Waals surface area contributed by atoms with Crippen LogP contribution in [0.5, 0.6) is 0 Å². The van der Waals surface area contributed by atoms with Gasteiger partial charge in [-0.3, -0.25) is 0 Å². The Morgan fingerprint density at radius 3 is 2.29 bits per heavy atom. The van der Waals surface area contributed by atoms with Crippen LogP contribution in [0.1, 0.15) is 0 Å². The van der Waals surface area contributed by atoms with Crippen LogP contribution in [0.3, 0.4) is 0 Å². The van der Waals surface area contributed by atoms with Crippen LogP contribution >= 0.6 is 0 Å². The molecule has 0 saturated carbocycles. The number of urea groups is 1. The maximum Gasteiger partial charge on any atom is 0.357 e. The molecule has 2 N–H and O–H groups in total. The molecule has 6 nitrogen and oxygen atoms in total. The second-order valence-electron chi connectivity index (χ2n) is 2.31. The maximum absolute atomic E-state index is 11.3. The maximum atomic E-state index is 11.3. The van der Waals surface area contributed by atoms with E-state index in [0.29, 0.717) is 0 Å². The number of carbonyl (C=O) groups excluding carboxylic acids is 1. The zero-order valence-corrected chi connectivity index (χ0v) is 7.81. The number of hydrogen-bond acceptors (Lipinski definition) is 3. The first-order valence-electron chi connectivity index (χ1n) is 3.55. The summed E-state index contributed by atoms with van der Waals surface area (Å²) in [5.74, 6) is 0. The van der Waals surface area contributed by atoms with Crippen molar-refractivity contribution in [3.05, 3.63) is 30.3 Å². The number of primary amides is 1. The highest BCUT2D eigenvalue weighted by molar-refractivity contribution is 7.90. The van der Waals surface area contributed by atoms with Gasteiger partial charge >= 0.3 is 6.03 Å². The summed E-state index contributed by atoms with van der Waals surface area (Å²) in [5, 5.41) is 2.75. The van der Waals surface area contributed by atoms with Crippen molar-refractivity contribution in [2.75, 3.05) is 0 Å². The molecular formula is C7H7N3O3S. The predicted octanol–water partition coefficient (Wildman–Crippen LogP) is 0.906. The van der Waals surface area contributed by atoms with Crippen molar-refractivity contribution in [2.24, 2.45) is 15.4 Å². The molecule has 0 aliphatic carbocycles. The molecular weight excluding hydrogens is 206 g/mol. The van der Waals surface area contributed by atoms with Crippen molar-refractivity contribution in [1.29, 1.82) is 0 Å². The van der Waals surface area contributed by atoms with E-state index in [1.165, 1.54) is 24.3 Å². The molecule has 0 atom stereocenters. The van der Waals surface area contributed by atoms with Crippen molar-refractivity contribution in [2.45, 2.75) is 4.90 Å². The van der Waals surface area contributed by atoms with E-state index in [9.17, 15) is 13.2 Å². The van der Waals surface area contributed by atoms with Gasteiger partial charge in [0.15, 0.2) is 0 Å². The van der Waals surface area contributed by atoms with E-state index in [1.54, 1.807) is 6.07 Å². The Balaban J connectivity index is 3.05. The fraction of sp³-hybridized carbons (Fsp3) is 0. The van der Waals surface area contributed by atoms with Gasteiger partial charge in [0.2, 0.25) is 0 Å². The summed E-state index contributed by atoms with van der Waals surface area (Å²) in [4.78, 5) is 10.1. The van der Waals surface area contributed by atoms with Crippen LogP contribution in [0.15, 0.2) is 44.9 Å². The lowest BCUT2D eigenvalue weighted by Crippen LogP contribution is -2.04. The molecule has 0 aliphatic rings. The summed E-state index contributed by atoms with van der Waals surface area (Å²) < 4.78 is 25.4. The van der Waals surface area contributed by atoms with Crippen molar-refractivity contribution in [3.8, 4) is 0 Å². The molecule has 0 heterocycles. The second-order valence-corrected chi connectivity index (χ2v) is 3.89. The molecule has 7 heteroatoms. The third-order valence-electron chi connectivity index (χ3n) is 1.29. The highest BCUT2D eigenvalue weighted by Crippen LogP contribution is 2.10. The van der Waals surface area contributed by atoms with E-state index >= 15 is 0 Å². The zero-order chi connectivity index (χ0) is 10.6. The standard InChI is InChI=1S/C7H7N3O3S/c8-7(11)9-10-14(12,13)6-4-2-1-3-5-6/h1-5H,(H2,8,11). The van der Waals surface area contributed by atoms with Gasteiger partial charge in [-0.15, -0.1) is 0 Å². The normalized spacial score (nSPS) is 11.7. The summed E-state index contributed by atoms with van der Waals surface area (Å²) in [6, 6.07) is 6.26. The quantitative estimate of drug-likeness (QED) is 0.738. The van der Waals surface area contributed by atoms with Gasteiger partial charge in [-0.2, -0.15) is 8.42 Å². The van der Waals surface area contributed by atoms with Crippen LogP contribution in [0.4, 0.5) is 4.79 Å². The average molecular weight is 213 g/mol. The third-order valence-corrected chi connectivity index (χ3v) is 2.45. The minimum absolute atomic E-state index is 0.0370. The molecule has 1 rings (SSSR count). The molecule has 14 heavy (non-hydrogen) atoms. The van der Waals surface area contributed by atoms with Gasteiger partial charge in [-0.25, -0.2) is 4.79 Å². The van der Waals surface area contributed by atoms with Crippen LogP contribution < -0.4 is 5.73 Å². The number of nitrogens with two attached hydrogens (primary N) is 1. The molecule has 0 saturated heterocycles. The van der Waals surface area contributed by atoms with Crippen LogP contribution in [0.25, 0.3) is 0 Å². The van der Waals surface area contributed by atoms with E-state index in [-0.39, 0.29) is 4.90 Å². The number of carbonyl (C=O) groups is 1. The Kier molecular flexibility index (Phi) is 2.92. The SMILES string of the molecule is NC(=O)N=NS(=O)(=O)c1ccccc1. The third kappa shape index (κ3) is 2.63. The topological polar surface area (TPSA) is 102 Å².